The summed E-state index contributed by atoms with van der Waals surface area (Å²) in [6.07, 6.45) is 1.59. The number of aryl methyl sites for hydroxylation is 1. The quantitative estimate of drug-likeness (QED) is 0.638. The highest BCUT2D eigenvalue weighted by atomic mass is 32.2. The predicted octanol–water partition coefficient (Wildman–Crippen LogP) is 2.70. The number of piperazine rings is 1. The van der Waals surface area contributed by atoms with Gasteiger partial charge in [-0.1, -0.05) is 18.2 Å². The van der Waals surface area contributed by atoms with Crippen LogP contribution in [0.3, 0.4) is 0 Å². The van der Waals surface area contributed by atoms with Gasteiger partial charge in [-0.2, -0.15) is 9.40 Å². The second-order valence-corrected chi connectivity index (χ2v) is 10.4. The Morgan fingerprint density at radius 1 is 1.00 bits per heavy atom. The molecule has 29 heavy (non-hydrogen) atoms. The number of sulfonamides is 1. The van der Waals surface area contributed by atoms with Crippen LogP contribution in [0.15, 0.2) is 52.9 Å². The first-order valence-electron chi connectivity index (χ1n) is 9.34. The van der Waals surface area contributed by atoms with Crippen LogP contribution in [0.4, 0.5) is 0 Å². The lowest BCUT2D eigenvalue weighted by Gasteiger charge is -2.33. The summed E-state index contributed by atoms with van der Waals surface area (Å²) in [6.45, 7) is 5.05. The summed E-state index contributed by atoms with van der Waals surface area (Å²) in [5.41, 5.74) is 2.20. The average molecular weight is 431 g/mol. The smallest absolute Gasteiger partial charge is 0.257 e. The molecule has 3 aromatic rings. The van der Waals surface area contributed by atoms with Crippen molar-refractivity contribution < 1.29 is 13.2 Å². The molecule has 0 saturated carbocycles. The van der Waals surface area contributed by atoms with Crippen LogP contribution in [0, 0.1) is 13.8 Å². The first-order chi connectivity index (χ1) is 13.9. The van der Waals surface area contributed by atoms with E-state index in [1.165, 1.54) is 15.6 Å². The maximum absolute atomic E-state index is 13.0. The van der Waals surface area contributed by atoms with E-state index < -0.39 is 10.0 Å². The molecule has 1 saturated heterocycles. The van der Waals surface area contributed by atoms with Gasteiger partial charge in [0.05, 0.1) is 23.1 Å². The summed E-state index contributed by atoms with van der Waals surface area (Å²) in [6, 6.07) is 13.1. The standard InChI is InChI=1S/C20H22N4O3S2/c1-15-8-9-19(28-15)29(26,27)23-12-10-22(11-13-23)20(25)18-14-21-24(16(18)2)17-6-4-3-5-7-17/h3-9,14H,10-13H2,1-2H3. The Balaban J connectivity index is 1.47. The van der Waals surface area contributed by atoms with E-state index in [1.807, 2.05) is 50.2 Å². The third-order valence-corrected chi connectivity index (χ3v) is 8.44. The number of rotatable bonds is 4. The molecule has 0 radical (unpaired) electrons. The van der Waals surface area contributed by atoms with Gasteiger partial charge in [-0.3, -0.25) is 4.79 Å². The molecule has 0 atom stereocenters. The van der Waals surface area contributed by atoms with Crippen LogP contribution in [-0.4, -0.2) is 59.5 Å². The van der Waals surface area contributed by atoms with Crippen molar-refractivity contribution >= 4 is 27.3 Å². The molecule has 0 aliphatic carbocycles. The molecular formula is C20H22N4O3S2. The molecule has 1 aromatic carbocycles. The van der Waals surface area contributed by atoms with E-state index in [1.54, 1.807) is 21.8 Å². The highest BCUT2D eigenvalue weighted by Gasteiger charge is 2.32. The van der Waals surface area contributed by atoms with Crippen molar-refractivity contribution in [2.24, 2.45) is 0 Å². The summed E-state index contributed by atoms with van der Waals surface area (Å²) < 4.78 is 29.1. The molecule has 0 bridgehead atoms. The van der Waals surface area contributed by atoms with Crippen LogP contribution in [-0.2, 0) is 10.0 Å². The lowest BCUT2D eigenvalue weighted by molar-refractivity contribution is 0.0697. The topological polar surface area (TPSA) is 75.5 Å². The highest BCUT2D eigenvalue weighted by molar-refractivity contribution is 7.91. The van der Waals surface area contributed by atoms with Gasteiger partial charge in [0.2, 0.25) is 0 Å². The minimum absolute atomic E-state index is 0.117. The van der Waals surface area contributed by atoms with E-state index in [0.717, 1.165) is 16.3 Å². The van der Waals surface area contributed by atoms with E-state index >= 15 is 0 Å². The molecule has 1 aliphatic rings. The molecule has 0 spiro atoms. The molecule has 1 amide bonds. The van der Waals surface area contributed by atoms with Gasteiger partial charge in [-0.15, -0.1) is 11.3 Å². The first-order valence-corrected chi connectivity index (χ1v) is 11.6. The van der Waals surface area contributed by atoms with E-state index in [-0.39, 0.29) is 19.0 Å². The zero-order chi connectivity index (χ0) is 20.6. The van der Waals surface area contributed by atoms with Crippen molar-refractivity contribution in [2.75, 3.05) is 26.2 Å². The van der Waals surface area contributed by atoms with E-state index in [9.17, 15) is 13.2 Å². The summed E-state index contributed by atoms with van der Waals surface area (Å²) in [5.74, 6) is -0.117. The molecule has 9 heteroatoms. The largest absolute Gasteiger partial charge is 0.336 e. The summed E-state index contributed by atoms with van der Waals surface area (Å²) in [7, 11) is -3.50. The zero-order valence-corrected chi connectivity index (χ0v) is 17.9. The van der Waals surface area contributed by atoms with Gasteiger partial charge in [-0.05, 0) is 38.1 Å². The van der Waals surface area contributed by atoms with Crippen LogP contribution >= 0.6 is 11.3 Å². The second-order valence-electron chi connectivity index (χ2n) is 6.95. The van der Waals surface area contributed by atoms with E-state index in [2.05, 4.69) is 5.10 Å². The van der Waals surface area contributed by atoms with E-state index in [4.69, 9.17) is 0 Å². The fourth-order valence-electron chi connectivity index (χ4n) is 3.43. The predicted molar refractivity (Wildman–Crippen MR) is 112 cm³/mol. The minimum atomic E-state index is -3.50. The van der Waals surface area contributed by atoms with Gasteiger partial charge >= 0.3 is 0 Å². The van der Waals surface area contributed by atoms with Crippen molar-refractivity contribution in [3.05, 3.63) is 64.8 Å². The minimum Gasteiger partial charge on any atom is -0.336 e. The molecule has 152 valence electrons. The van der Waals surface area contributed by atoms with Crippen LogP contribution in [0.1, 0.15) is 20.9 Å². The summed E-state index contributed by atoms with van der Waals surface area (Å²) in [5, 5.41) is 4.36. The maximum atomic E-state index is 13.0. The second kappa shape index (κ2) is 7.74. The normalized spacial score (nSPS) is 15.6. The zero-order valence-electron chi connectivity index (χ0n) is 16.3. The van der Waals surface area contributed by atoms with Gasteiger partial charge in [0.25, 0.3) is 15.9 Å². The Hall–Kier alpha value is -2.49. The number of thiophene rings is 1. The lowest BCUT2D eigenvalue weighted by atomic mass is 10.2. The SMILES string of the molecule is Cc1ccc(S(=O)(=O)N2CCN(C(=O)c3cnn(-c4ccccc4)c3C)CC2)s1. The number of carbonyl (C=O) groups is 1. The van der Waals surface area contributed by atoms with Crippen LogP contribution < -0.4 is 0 Å². The molecule has 0 unspecified atom stereocenters. The molecule has 7 nitrogen and oxygen atoms in total. The number of benzene rings is 1. The molecular weight excluding hydrogens is 408 g/mol. The van der Waals surface area contributed by atoms with Gasteiger partial charge in [0.15, 0.2) is 0 Å². The third kappa shape index (κ3) is 3.73. The van der Waals surface area contributed by atoms with Crippen LogP contribution in [0.25, 0.3) is 5.69 Å². The fourth-order valence-corrected chi connectivity index (χ4v) is 6.29. The molecule has 1 aliphatic heterocycles. The molecule has 2 aromatic heterocycles. The Labute approximate surface area is 174 Å². The first kappa shape index (κ1) is 19.8. The van der Waals surface area contributed by atoms with Crippen molar-refractivity contribution in [1.29, 1.82) is 0 Å². The number of hydrogen-bond acceptors (Lipinski definition) is 5. The van der Waals surface area contributed by atoms with Crippen molar-refractivity contribution in [3.63, 3.8) is 0 Å². The molecule has 0 N–H and O–H groups in total. The van der Waals surface area contributed by atoms with Gasteiger partial charge in [-0.25, -0.2) is 13.1 Å². The monoisotopic (exact) mass is 430 g/mol. The lowest BCUT2D eigenvalue weighted by Crippen LogP contribution is -2.50. The number of amides is 1. The van der Waals surface area contributed by atoms with E-state index in [0.29, 0.717) is 22.9 Å². The Bertz CT molecular complexity index is 1130. The fraction of sp³-hybridized carbons (Fsp3) is 0.300. The molecule has 1 fully saturated rings. The molecule has 3 heterocycles. The average Bonchev–Trinajstić information content (AvgIpc) is 3.34. The van der Waals surface area contributed by atoms with Gasteiger partial charge in [0, 0.05) is 31.1 Å². The third-order valence-electron chi connectivity index (χ3n) is 5.08. The number of aromatic nitrogens is 2. The summed E-state index contributed by atoms with van der Waals surface area (Å²) >= 11 is 1.27. The number of para-hydroxylation sites is 1. The summed E-state index contributed by atoms with van der Waals surface area (Å²) in [4.78, 5) is 15.7. The van der Waals surface area contributed by atoms with Gasteiger partial charge in [0.1, 0.15) is 4.21 Å². The Morgan fingerprint density at radius 3 is 2.31 bits per heavy atom. The number of hydrogen-bond donors (Lipinski definition) is 0. The van der Waals surface area contributed by atoms with Crippen LogP contribution in [0.2, 0.25) is 0 Å². The van der Waals surface area contributed by atoms with Crippen molar-refractivity contribution in [3.8, 4) is 5.69 Å². The maximum Gasteiger partial charge on any atom is 0.257 e. The Morgan fingerprint density at radius 2 is 1.69 bits per heavy atom. The Kier molecular flexibility index (Phi) is 5.28. The highest BCUT2D eigenvalue weighted by Crippen LogP contribution is 2.25. The van der Waals surface area contributed by atoms with Crippen molar-refractivity contribution in [2.45, 2.75) is 18.1 Å². The van der Waals surface area contributed by atoms with Crippen molar-refractivity contribution in [1.82, 2.24) is 19.0 Å². The number of nitrogens with zero attached hydrogens (tertiary/aromatic N) is 4. The van der Waals surface area contributed by atoms with Gasteiger partial charge < -0.3 is 4.90 Å². The molecule has 4 rings (SSSR count). The number of carbonyl (C=O) groups excluding carboxylic acids is 1. The van der Waals surface area contributed by atoms with Crippen LogP contribution in [0.5, 0.6) is 0 Å².